The minimum absolute atomic E-state index is 0.0521. The van der Waals surface area contributed by atoms with Gasteiger partial charge in [-0.15, -0.1) is 0 Å². The van der Waals surface area contributed by atoms with Crippen LogP contribution in [0, 0.1) is 13.8 Å². The predicted octanol–water partition coefficient (Wildman–Crippen LogP) is 3.58. The first kappa shape index (κ1) is 18.9. The number of nitrogens with one attached hydrogen (secondary N) is 2. The number of rotatable bonds is 5. The molecule has 1 saturated heterocycles. The number of anilines is 2. The lowest BCUT2D eigenvalue weighted by Crippen LogP contribution is -2.37. The molecule has 2 aromatic rings. The first-order valence-electron chi connectivity index (χ1n) is 9.33. The molecular formula is C21H26N4O2. The maximum Gasteiger partial charge on any atom is 0.319 e. The standard InChI is InChI=1S/C21H26N4O2/c1-14-6-4-10-22-18(14)12-16(3)23-21(27)24-17-9-8-15(2)19(13-17)25-11-5-7-20(25)26/h4,6,8-10,13,16H,5,7,11-12H2,1-3H3,(H2,23,24,27)/t16-/m1/s1. The number of carbonyl (C=O) groups excluding carboxylic acids is 2. The highest BCUT2D eigenvalue weighted by molar-refractivity contribution is 5.97. The summed E-state index contributed by atoms with van der Waals surface area (Å²) in [6.45, 7) is 6.68. The van der Waals surface area contributed by atoms with Gasteiger partial charge < -0.3 is 15.5 Å². The van der Waals surface area contributed by atoms with Crippen LogP contribution in [-0.4, -0.2) is 29.5 Å². The second-order valence-corrected chi connectivity index (χ2v) is 7.12. The summed E-state index contributed by atoms with van der Waals surface area (Å²) in [7, 11) is 0. The Labute approximate surface area is 160 Å². The minimum atomic E-state index is -0.265. The van der Waals surface area contributed by atoms with Gasteiger partial charge in [0.05, 0.1) is 0 Å². The molecule has 0 spiro atoms. The molecule has 1 aliphatic heterocycles. The van der Waals surface area contributed by atoms with Gasteiger partial charge in [-0.05, 0) is 56.5 Å². The van der Waals surface area contributed by atoms with Crippen molar-refractivity contribution in [2.45, 2.75) is 46.1 Å². The van der Waals surface area contributed by atoms with Crippen LogP contribution in [-0.2, 0) is 11.2 Å². The highest BCUT2D eigenvalue weighted by Crippen LogP contribution is 2.28. The number of hydrogen-bond donors (Lipinski definition) is 2. The molecule has 1 aromatic heterocycles. The average Bonchev–Trinajstić information content (AvgIpc) is 3.04. The molecule has 27 heavy (non-hydrogen) atoms. The molecule has 1 fully saturated rings. The number of hydrogen-bond acceptors (Lipinski definition) is 3. The van der Waals surface area contributed by atoms with Crippen LogP contribution in [0.3, 0.4) is 0 Å². The largest absolute Gasteiger partial charge is 0.335 e. The van der Waals surface area contributed by atoms with Crippen LogP contribution >= 0.6 is 0 Å². The van der Waals surface area contributed by atoms with Crippen LogP contribution in [0.1, 0.15) is 36.6 Å². The lowest BCUT2D eigenvalue weighted by molar-refractivity contribution is -0.117. The normalized spacial score (nSPS) is 14.9. The maximum atomic E-state index is 12.4. The summed E-state index contributed by atoms with van der Waals surface area (Å²) in [5.74, 6) is 0.138. The van der Waals surface area contributed by atoms with Crippen molar-refractivity contribution in [1.29, 1.82) is 0 Å². The number of aromatic nitrogens is 1. The first-order valence-corrected chi connectivity index (χ1v) is 9.33. The third-order valence-electron chi connectivity index (χ3n) is 4.83. The Morgan fingerprint density at radius 2 is 2.07 bits per heavy atom. The van der Waals surface area contributed by atoms with E-state index in [1.807, 2.05) is 51.1 Å². The van der Waals surface area contributed by atoms with E-state index in [1.165, 1.54) is 0 Å². The fraction of sp³-hybridized carbons (Fsp3) is 0.381. The fourth-order valence-electron chi connectivity index (χ4n) is 3.34. The van der Waals surface area contributed by atoms with Crippen LogP contribution in [0.4, 0.5) is 16.2 Å². The topological polar surface area (TPSA) is 74.3 Å². The van der Waals surface area contributed by atoms with Crippen molar-refractivity contribution in [2.75, 3.05) is 16.8 Å². The molecule has 2 heterocycles. The van der Waals surface area contributed by atoms with Crippen molar-refractivity contribution in [2.24, 2.45) is 0 Å². The van der Waals surface area contributed by atoms with Gasteiger partial charge in [0.25, 0.3) is 0 Å². The highest BCUT2D eigenvalue weighted by Gasteiger charge is 2.23. The number of benzene rings is 1. The second-order valence-electron chi connectivity index (χ2n) is 7.12. The van der Waals surface area contributed by atoms with Crippen LogP contribution < -0.4 is 15.5 Å². The smallest absolute Gasteiger partial charge is 0.319 e. The van der Waals surface area contributed by atoms with Gasteiger partial charge in [-0.1, -0.05) is 12.1 Å². The number of amides is 3. The van der Waals surface area contributed by atoms with Crippen molar-refractivity contribution in [3.8, 4) is 0 Å². The number of carbonyl (C=O) groups is 2. The lowest BCUT2D eigenvalue weighted by atomic mass is 10.1. The Bertz CT molecular complexity index is 850. The van der Waals surface area contributed by atoms with E-state index >= 15 is 0 Å². The Hall–Kier alpha value is -2.89. The van der Waals surface area contributed by atoms with Gasteiger partial charge in [-0.25, -0.2) is 4.79 Å². The molecular weight excluding hydrogens is 340 g/mol. The van der Waals surface area contributed by atoms with Gasteiger partial charge in [0.2, 0.25) is 5.91 Å². The first-order chi connectivity index (χ1) is 12.9. The highest BCUT2D eigenvalue weighted by atomic mass is 16.2. The van der Waals surface area contributed by atoms with E-state index in [4.69, 9.17) is 0 Å². The molecule has 1 aromatic carbocycles. The SMILES string of the molecule is Cc1ccc(NC(=O)N[C@H](C)Cc2ncccc2C)cc1N1CCCC1=O. The van der Waals surface area contributed by atoms with Gasteiger partial charge in [0.1, 0.15) is 0 Å². The number of pyridine rings is 1. The molecule has 2 N–H and O–H groups in total. The second kappa shape index (κ2) is 8.20. The number of nitrogens with zero attached hydrogens (tertiary/aromatic N) is 2. The number of aryl methyl sites for hydroxylation is 2. The zero-order valence-electron chi connectivity index (χ0n) is 16.1. The molecule has 6 nitrogen and oxygen atoms in total. The Morgan fingerprint density at radius 1 is 1.26 bits per heavy atom. The molecule has 3 rings (SSSR count). The predicted molar refractivity (Wildman–Crippen MR) is 107 cm³/mol. The Morgan fingerprint density at radius 3 is 2.78 bits per heavy atom. The van der Waals surface area contributed by atoms with E-state index in [9.17, 15) is 9.59 Å². The third kappa shape index (κ3) is 4.64. The Kier molecular flexibility index (Phi) is 5.74. The van der Waals surface area contributed by atoms with E-state index in [-0.39, 0.29) is 18.0 Å². The molecule has 142 valence electrons. The minimum Gasteiger partial charge on any atom is -0.335 e. The van der Waals surface area contributed by atoms with E-state index in [1.54, 1.807) is 11.1 Å². The summed E-state index contributed by atoms with van der Waals surface area (Å²) in [6, 6.07) is 9.25. The average molecular weight is 366 g/mol. The monoisotopic (exact) mass is 366 g/mol. The van der Waals surface area contributed by atoms with Gasteiger partial charge >= 0.3 is 6.03 Å². The summed E-state index contributed by atoms with van der Waals surface area (Å²) in [5, 5.41) is 5.82. The van der Waals surface area contributed by atoms with Crippen molar-refractivity contribution >= 4 is 23.3 Å². The van der Waals surface area contributed by atoms with Gasteiger partial charge in [-0.2, -0.15) is 0 Å². The molecule has 1 aliphatic rings. The molecule has 0 radical (unpaired) electrons. The van der Waals surface area contributed by atoms with Crippen molar-refractivity contribution in [3.63, 3.8) is 0 Å². The molecule has 0 saturated carbocycles. The van der Waals surface area contributed by atoms with E-state index in [2.05, 4.69) is 15.6 Å². The molecule has 0 unspecified atom stereocenters. The zero-order chi connectivity index (χ0) is 19.4. The van der Waals surface area contributed by atoms with Gasteiger partial charge in [0, 0.05) is 48.7 Å². The van der Waals surface area contributed by atoms with Gasteiger partial charge in [-0.3, -0.25) is 9.78 Å². The quantitative estimate of drug-likeness (QED) is 0.849. The zero-order valence-corrected chi connectivity index (χ0v) is 16.1. The summed E-state index contributed by atoms with van der Waals surface area (Å²) in [5.41, 5.74) is 4.66. The number of urea groups is 1. The summed E-state index contributed by atoms with van der Waals surface area (Å²) in [6.07, 6.45) is 3.90. The molecule has 1 atom stereocenters. The Balaban J connectivity index is 1.62. The molecule has 6 heteroatoms. The third-order valence-corrected chi connectivity index (χ3v) is 4.83. The van der Waals surface area contributed by atoms with E-state index in [0.29, 0.717) is 18.5 Å². The maximum absolute atomic E-state index is 12.4. The van der Waals surface area contributed by atoms with Crippen LogP contribution in [0.15, 0.2) is 36.5 Å². The summed E-state index contributed by atoms with van der Waals surface area (Å²) in [4.78, 5) is 30.6. The van der Waals surface area contributed by atoms with Crippen LogP contribution in [0.2, 0.25) is 0 Å². The summed E-state index contributed by atoms with van der Waals surface area (Å²) < 4.78 is 0. The van der Waals surface area contributed by atoms with Crippen molar-refractivity contribution < 1.29 is 9.59 Å². The molecule has 0 bridgehead atoms. The van der Waals surface area contributed by atoms with Crippen molar-refractivity contribution in [3.05, 3.63) is 53.3 Å². The van der Waals surface area contributed by atoms with Crippen molar-refractivity contribution in [1.82, 2.24) is 10.3 Å². The summed E-state index contributed by atoms with van der Waals surface area (Å²) >= 11 is 0. The van der Waals surface area contributed by atoms with E-state index < -0.39 is 0 Å². The fourth-order valence-corrected chi connectivity index (χ4v) is 3.34. The van der Waals surface area contributed by atoms with E-state index in [0.717, 1.165) is 35.5 Å². The lowest BCUT2D eigenvalue weighted by Gasteiger charge is -2.20. The molecule has 0 aliphatic carbocycles. The van der Waals surface area contributed by atoms with Crippen LogP contribution in [0.5, 0.6) is 0 Å². The van der Waals surface area contributed by atoms with Gasteiger partial charge in [0.15, 0.2) is 0 Å². The van der Waals surface area contributed by atoms with Crippen LogP contribution in [0.25, 0.3) is 0 Å². The molecule has 3 amide bonds.